The second kappa shape index (κ2) is 6.03. The molecule has 7 atom stereocenters. The molecule has 4 aliphatic rings. The van der Waals surface area contributed by atoms with Gasteiger partial charge >= 0.3 is 0 Å². The lowest BCUT2D eigenvalue weighted by Gasteiger charge is -2.56. The number of alkyl halides is 1. The number of fused-ring (bicyclic) bond motifs is 5. The Bertz CT molecular complexity index is 678. The van der Waals surface area contributed by atoms with E-state index in [9.17, 15) is 9.59 Å². The summed E-state index contributed by atoms with van der Waals surface area (Å²) in [5.41, 5.74) is 1.61. The zero-order chi connectivity index (χ0) is 18.0. The maximum absolute atomic E-state index is 12.7. The Kier molecular flexibility index (Phi) is 4.33. The first kappa shape index (κ1) is 17.9. The van der Waals surface area contributed by atoms with Gasteiger partial charge in [0, 0.05) is 11.3 Å². The Morgan fingerprint density at radius 1 is 1.28 bits per heavy atom. The van der Waals surface area contributed by atoms with E-state index in [-0.39, 0.29) is 22.5 Å². The quantitative estimate of drug-likeness (QED) is 0.429. The predicted molar refractivity (Wildman–Crippen MR) is 109 cm³/mol. The SMILES string of the molecule is C[C@@H]1C[C@H]2[C@@H]3CCC4=CC(=O)C=C[C@]4(C)[C@H]3CC[C@]2(C)[C@H]1C(=O)CI. The van der Waals surface area contributed by atoms with E-state index in [0.717, 1.165) is 6.42 Å². The number of rotatable bonds is 2. The van der Waals surface area contributed by atoms with Crippen molar-refractivity contribution >= 4 is 34.2 Å². The number of Topliss-reactive ketones (excluding diaryl/α,β-unsaturated/α-hetero) is 1. The lowest BCUT2D eigenvalue weighted by Crippen LogP contribution is -2.50. The summed E-state index contributed by atoms with van der Waals surface area (Å²) in [6, 6.07) is 0. The highest BCUT2D eigenvalue weighted by atomic mass is 127. The molecule has 2 nitrogen and oxygen atoms in total. The van der Waals surface area contributed by atoms with Crippen LogP contribution < -0.4 is 0 Å². The number of halogens is 1. The van der Waals surface area contributed by atoms with E-state index in [2.05, 4.69) is 49.4 Å². The average molecular weight is 452 g/mol. The van der Waals surface area contributed by atoms with Crippen LogP contribution in [0.5, 0.6) is 0 Å². The monoisotopic (exact) mass is 452 g/mol. The first-order chi connectivity index (χ1) is 11.8. The molecule has 0 heterocycles. The summed E-state index contributed by atoms with van der Waals surface area (Å²) in [6.45, 7) is 7.08. The van der Waals surface area contributed by atoms with Crippen LogP contribution >= 0.6 is 22.6 Å². The van der Waals surface area contributed by atoms with Gasteiger partial charge in [0.05, 0.1) is 4.43 Å². The van der Waals surface area contributed by atoms with Crippen molar-refractivity contribution in [1.29, 1.82) is 0 Å². The second-order valence-electron chi connectivity index (χ2n) is 9.44. The van der Waals surface area contributed by atoms with Gasteiger partial charge < -0.3 is 0 Å². The smallest absolute Gasteiger partial charge is 0.178 e. The van der Waals surface area contributed by atoms with Crippen LogP contribution in [0.25, 0.3) is 0 Å². The molecule has 3 heteroatoms. The molecule has 0 N–H and O–H groups in total. The van der Waals surface area contributed by atoms with Crippen LogP contribution in [0.15, 0.2) is 23.8 Å². The first-order valence-electron chi connectivity index (χ1n) is 9.84. The summed E-state index contributed by atoms with van der Waals surface area (Å²) >= 11 is 2.25. The molecule has 0 bridgehead atoms. The minimum absolute atomic E-state index is 0.0623. The first-order valence-corrected chi connectivity index (χ1v) is 11.4. The van der Waals surface area contributed by atoms with Crippen LogP contribution in [0.2, 0.25) is 0 Å². The van der Waals surface area contributed by atoms with Gasteiger partial charge in [0.15, 0.2) is 5.78 Å². The third kappa shape index (κ3) is 2.47. The summed E-state index contributed by atoms with van der Waals surface area (Å²) in [5.74, 6) is 3.41. The molecule has 25 heavy (non-hydrogen) atoms. The van der Waals surface area contributed by atoms with E-state index >= 15 is 0 Å². The number of hydrogen-bond donors (Lipinski definition) is 0. The number of allylic oxidation sites excluding steroid dienone is 4. The van der Waals surface area contributed by atoms with Crippen LogP contribution in [-0.4, -0.2) is 16.0 Å². The second-order valence-corrected chi connectivity index (χ2v) is 10.2. The van der Waals surface area contributed by atoms with Crippen molar-refractivity contribution in [3.05, 3.63) is 23.8 Å². The fourth-order valence-corrected chi connectivity index (χ4v) is 7.80. The minimum Gasteiger partial charge on any atom is -0.299 e. The Morgan fingerprint density at radius 2 is 2.04 bits per heavy atom. The molecule has 0 aromatic heterocycles. The van der Waals surface area contributed by atoms with E-state index in [4.69, 9.17) is 0 Å². The summed E-state index contributed by atoms with van der Waals surface area (Å²) in [7, 11) is 0. The molecule has 0 aromatic carbocycles. The van der Waals surface area contributed by atoms with Crippen molar-refractivity contribution in [1.82, 2.24) is 0 Å². The van der Waals surface area contributed by atoms with Crippen molar-refractivity contribution in [2.24, 2.45) is 40.4 Å². The number of hydrogen-bond acceptors (Lipinski definition) is 2. The lowest BCUT2D eigenvalue weighted by atomic mass is 9.47. The molecule has 0 radical (unpaired) electrons. The van der Waals surface area contributed by atoms with Gasteiger partial charge in [0.2, 0.25) is 0 Å². The molecule has 3 fully saturated rings. The van der Waals surface area contributed by atoms with E-state index in [0.29, 0.717) is 33.9 Å². The van der Waals surface area contributed by atoms with Gasteiger partial charge in [-0.1, -0.05) is 55.0 Å². The molecule has 3 saturated carbocycles. The number of carbonyl (C=O) groups excluding carboxylic acids is 2. The molecule has 0 spiro atoms. The van der Waals surface area contributed by atoms with Crippen LogP contribution in [0, 0.1) is 40.4 Å². The van der Waals surface area contributed by atoms with Gasteiger partial charge in [-0.25, -0.2) is 0 Å². The minimum atomic E-state index is 0.0623. The molecule has 0 aliphatic heterocycles. The molecular weight excluding hydrogens is 423 g/mol. The van der Waals surface area contributed by atoms with Gasteiger partial charge in [0.1, 0.15) is 5.78 Å². The lowest BCUT2D eigenvalue weighted by molar-refractivity contribution is -0.127. The summed E-state index contributed by atoms with van der Waals surface area (Å²) in [4.78, 5) is 24.6. The highest BCUT2D eigenvalue weighted by molar-refractivity contribution is 14.1. The van der Waals surface area contributed by atoms with Gasteiger partial charge in [-0.2, -0.15) is 0 Å². The molecule has 4 aliphatic carbocycles. The van der Waals surface area contributed by atoms with Crippen molar-refractivity contribution in [3.63, 3.8) is 0 Å². The van der Waals surface area contributed by atoms with Crippen molar-refractivity contribution in [3.8, 4) is 0 Å². The standard InChI is InChI=1S/C22H29IO2/c1-13-10-18-16-5-4-14-11-15(24)6-8-21(14,2)17(16)7-9-22(18,3)20(13)19(25)12-23/h6,8,11,13,16-18,20H,4-5,7,9-10,12H2,1-3H3/t13-,16-,17+,18+,20-,21+,22+/m1/s1. The maximum Gasteiger partial charge on any atom is 0.178 e. The highest BCUT2D eigenvalue weighted by Crippen LogP contribution is 2.67. The Morgan fingerprint density at radius 3 is 2.76 bits per heavy atom. The average Bonchev–Trinajstić information content (AvgIpc) is 2.85. The van der Waals surface area contributed by atoms with Gasteiger partial charge in [0.25, 0.3) is 0 Å². The zero-order valence-electron chi connectivity index (χ0n) is 15.6. The summed E-state index contributed by atoms with van der Waals surface area (Å²) in [5, 5.41) is 0. The van der Waals surface area contributed by atoms with Crippen LogP contribution in [-0.2, 0) is 9.59 Å². The predicted octanol–water partition coefficient (Wildman–Crippen LogP) is 5.16. The molecular formula is C22H29IO2. The Labute approximate surface area is 165 Å². The fourth-order valence-electron chi connectivity index (χ4n) is 7.33. The summed E-state index contributed by atoms with van der Waals surface area (Å²) in [6.07, 6.45) is 11.7. The van der Waals surface area contributed by atoms with Crippen LogP contribution in [0.1, 0.15) is 52.9 Å². The molecule has 136 valence electrons. The van der Waals surface area contributed by atoms with Crippen LogP contribution in [0.3, 0.4) is 0 Å². The Balaban J connectivity index is 1.68. The molecule has 0 aromatic rings. The topological polar surface area (TPSA) is 34.1 Å². The number of carbonyl (C=O) groups is 2. The van der Waals surface area contributed by atoms with Crippen molar-refractivity contribution in [2.45, 2.75) is 52.9 Å². The normalized spacial score (nSPS) is 48.4. The van der Waals surface area contributed by atoms with E-state index in [1.165, 1.54) is 31.3 Å². The van der Waals surface area contributed by atoms with Gasteiger partial charge in [-0.15, -0.1) is 0 Å². The largest absolute Gasteiger partial charge is 0.299 e. The molecule has 4 rings (SSSR count). The van der Waals surface area contributed by atoms with Gasteiger partial charge in [-0.05, 0) is 73.3 Å². The maximum atomic E-state index is 12.7. The number of ketones is 2. The van der Waals surface area contributed by atoms with Crippen LogP contribution in [0.4, 0.5) is 0 Å². The fraction of sp³-hybridized carbons (Fsp3) is 0.727. The third-order valence-corrected chi connectivity index (χ3v) is 9.13. The van der Waals surface area contributed by atoms with E-state index in [1.54, 1.807) is 6.08 Å². The highest BCUT2D eigenvalue weighted by Gasteiger charge is 2.61. The molecule has 0 saturated heterocycles. The molecule has 0 unspecified atom stereocenters. The van der Waals surface area contributed by atoms with Crippen molar-refractivity contribution in [2.75, 3.05) is 4.43 Å². The third-order valence-electron chi connectivity index (χ3n) is 8.38. The molecule has 0 amide bonds. The Hall–Kier alpha value is -0.450. The van der Waals surface area contributed by atoms with E-state index in [1.807, 2.05) is 6.08 Å². The van der Waals surface area contributed by atoms with Crippen molar-refractivity contribution < 1.29 is 9.59 Å². The zero-order valence-corrected chi connectivity index (χ0v) is 17.7. The summed E-state index contributed by atoms with van der Waals surface area (Å²) < 4.78 is 0.651. The van der Waals surface area contributed by atoms with E-state index < -0.39 is 0 Å². The van der Waals surface area contributed by atoms with Gasteiger partial charge in [-0.3, -0.25) is 9.59 Å².